The largest absolute Gasteiger partial charge is 0.481 e. The normalized spacial score (nSPS) is 16.4. The molecule has 100 valence electrons. The van der Waals surface area contributed by atoms with Crippen molar-refractivity contribution in [1.29, 1.82) is 0 Å². The van der Waals surface area contributed by atoms with Crippen LogP contribution in [0.25, 0.3) is 0 Å². The first-order valence-electron chi connectivity index (χ1n) is 6.30. The summed E-state index contributed by atoms with van der Waals surface area (Å²) in [5.41, 5.74) is 0. The molecule has 0 saturated carbocycles. The minimum Gasteiger partial charge on any atom is -0.481 e. The molecule has 1 aliphatic heterocycles. The Bertz CT molecular complexity index is 344. The zero-order valence-electron chi connectivity index (χ0n) is 10.6. The highest BCUT2D eigenvalue weighted by Gasteiger charge is 2.23. The number of carbonyl (C=O) groups is 3. The number of imide groups is 1. The molecule has 0 aromatic carbocycles. The van der Waals surface area contributed by atoms with Gasteiger partial charge in [0.2, 0.25) is 0 Å². The average molecular weight is 253 g/mol. The Balaban J connectivity index is 2.39. The van der Waals surface area contributed by atoms with Gasteiger partial charge in [-0.3, -0.25) is 19.3 Å². The third kappa shape index (κ3) is 4.31. The second-order valence-electron chi connectivity index (χ2n) is 4.54. The van der Waals surface area contributed by atoms with Gasteiger partial charge in [-0.05, 0) is 18.8 Å². The maximum atomic E-state index is 11.3. The Kier molecular flexibility index (Phi) is 5.55. The fourth-order valence-corrected chi connectivity index (χ4v) is 2.13. The van der Waals surface area contributed by atoms with E-state index in [1.807, 2.05) is 6.92 Å². The number of aliphatic carboxylic acids is 1. The Morgan fingerprint density at radius 2 is 1.83 bits per heavy atom. The Morgan fingerprint density at radius 3 is 2.33 bits per heavy atom. The molecule has 1 heterocycles. The number of carboxylic acids is 1. The van der Waals surface area contributed by atoms with Gasteiger partial charge in [0.25, 0.3) is 11.8 Å². The van der Waals surface area contributed by atoms with Crippen molar-refractivity contribution in [2.24, 2.45) is 5.92 Å². The highest BCUT2D eigenvalue weighted by molar-refractivity contribution is 6.12. The van der Waals surface area contributed by atoms with Crippen LogP contribution in [0.2, 0.25) is 0 Å². The van der Waals surface area contributed by atoms with E-state index in [-0.39, 0.29) is 24.2 Å². The van der Waals surface area contributed by atoms with E-state index in [9.17, 15) is 14.4 Å². The SMILES string of the molecule is CCCC(CCC(=O)O)CCN1C(=O)C=CC1=O. The third-order valence-corrected chi connectivity index (χ3v) is 3.12. The third-order valence-electron chi connectivity index (χ3n) is 3.12. The summed E-state index contributed by atoms with van der Waals surface area (Å²) in [5, 5.41) is 8.67. The smallest absolute Gasteiger partial charge is 0.303 e. The molecule has 0 aromatic heterocycles. The lowest BCUT2D eigenvalue weighted by molar-refractivity contribution is -0.139. The predicted molar refractivity (Wildman–Crippen MR) is 65.7 cm³/mol. The molecule has 1 unspecified atom stereocenters. The Labute approximate surface area is 106 Å². The zero-order chi connectivity index (χ0) is 13.5. The summed E-state index contributed by atoms with van der Waals surface area (Å²) in [6, 6.07) is 0. The van der Waals surface area contributed by atoms with Crippen molar-refractivity contribution in [2.45, 2.75) is 39.0 Å². The van der Waals surface area contributed by atoms with Gasteiger partial charge in [0.15, 0.2) is 0 Å². The molecule has 1 rings (SSSR count). The van der Waals surface area contributed by atoms with Gasteiger partial charge in [0, 0.05) is 25.1 Å². The lowest BCUT2D eigenvalue weighted by atomic mass is 9.94. The molecule has 0 saturated heterocycles. The van der Waals surface area contributed by atoms with Crippen molar-refractivity contribution >= 4 is 17.8 Å². The van der Waals surface area contributed by atoms with Crippen LogP contribution in [-0.4, -0.2) is 34.3 Å². The lowest BCUT2D eigenvalue weighted by Gasteiger charge is -2.19. The van der Waals surface area contributed by atoms with Crippen LogP contribution in [-0.2, 0) is 14.4 Å². The first-order chi connectivity index (χ1) is 8.54. The summed E-state index contributed by atoms with van der Waals surface area (Å²) < 4.78 is 0. The fraction of sp³-hybridized carbons (Fsp3) is 0.615. The zero-order valence-corrected chi connectivity index (χ0v) is 10.6. The minimum atomic E-state index is -0.800. The van der Waals surface area contributed by atoms with Gasteiger partial charge in [-0.2, -0.15) is 0 Å². The highest BCUT2D eigenvalue weighted by atomic mass is 16.4. The Morgan fingerprint density at radius 1 is 1.22 bits per heavy atom. The lowest BCUT2D eigenvalue weighted by Crippen LogP contribution is -2.32. The molecular weight excluding hydrogens is 234 g/mol. The monoisotopic (exact) mass is 253 g/mol. The van der Waals surface area contributed by atoms with Gasteiger partial charge < -0.3 is 5.11 Å². The molecule has 0 aliphatic carbocycles. The summed E-state index contributed by atoms with van der Waals surface area (Å²) in [6.07, 6.45) is 5.88. The van der Waals surface area contributed by atoms with Gasteiger partial charge in [0.05, 0.1) is 0 Å². The molecule has 0 fully saturated rings. The van der Waals surface area contributed by atoms with Crippen molar-refractivity contribution in [3.63, 3.8) is 0 Å². The summed E-state index contributed by atoms with van der Waals surface area (Å²) in [6.45, 7) is 2.43. The summed E-state index contributed by atoms with van der Waals surface area (Å²) in [5.74, 6) is -1.08. The van der Waals surface area contributed by atoms with E-state index in [1.54, 1.807) is 0 Å². The van der Waals surface area contributed by atoms with Crippen LogP contribution in [0.1, 0.15) is 39.0 Å². The van der Waals surface area contributed by atoms with Crippen LogP contribution < -0.4 is 0 Å². The van der Waals surface area contributed by atoms with Crippen LogP contribution in [0.5, 0.6) is 0 Å². The fourth-order valence-electron chi connectivity index (χ4n) is 2.13. The molecule has 5 heteroatoms. The van der Waals surface area contributed by atoms with E-state index < -0.39 is 5.97 Å². The minimum absolute atomic E-state index is 0.144. The highest BCUT2D eigenvalue weighted by Crippen LogP contribution is 2.19. The van der Waals surface area contributed by atoms with Gasteiger partial charge in [-0.1, -0.05) is 19.8 Å². The molecule has 0 spiro atoms. The molecule has 2 amide bonds. The van der Waals surface area contributed by atoms with Crippen LogP contribution in [0.15, 0.2) is 12.2 Å². The molecule has 1 N–H and O–H groups in total. The number of amides is 2. The molecule has 1 atom stereocenters. The molecule has 0 radical (unpaired) electrons. The number of carbonyl (C=O) groups excluding carboxylic acids is 2. The second kappa shape index (κ2) is 6.93. The van der Waals surface area contributed by atoms with Crippen LogP contribution in [0, 0.1) is 5.92 Å². The van der Waals surface area contributed by atoms with Crippen LogP contribution in [0.4, 0.5) is 0 Å². The first-order valence-corrected chi connectivity index (χ1v) is 6.30. The van der Waals surface area contributed by atoms with Gasteiger partial charge >= 0.3 is 5.97 Å². The van der Waals surface area contributed by atoms with Crippen molar-refractivity contribution in [2.75, 3.05) is 6.54 Å². The van der Waals surface area contributed by atoms with Gasteiger partial charge in [-0.25, -0.2) is 0 Å². The predicted octanol–water partition coefficient (Wildman–Crippen LogP) is 1.58. The number of nitrogens with zero attached hydrogens (tertiary/aromatic N) is 1. The molecule has 0 aromatic rings. The molecule has 18 heavy (non-hydrogen) atoms. The quantitative estimate of drug-likeness (QED) is 0.666. The van der Waals surface area contributed by atoms with Crippen molar-refractivity contribution in [3.05, 3.63) is 12.2 Å². The maximum Gasteiger partial charge on any atom is 0.303 e. The van der Waals surface area contributed by atoms with E-state index in [0.717, 1.165) is 12.8 Å². The van der Waals surface area contributed by atoms with Crippen LogP contribution >= 0.6 is 0 Å². The summed E-state index contributed by atoms with van der Waals surface area (Å²) in [4.78, 5) is 34.4. The number of hydrogen-bond donors (Lipinski definition) is 1. The number of carboxylic acid groups (broad SMARTS) is 1. The van der Waals surface area contributed by atoms with Gasteiger partial charge in [0.1, 0.15) is 0 Å². The van der Waals surface area contributed by atoms with E-state index in [0.29, 0.717) is 19.4 Å². The van der Waals surface area contributed by atoms with Crippen molar-refractivity contribution < 1.29 is 19.5 Å². The molecule has 5 nitrogen and oxygen atoms in total. The van der Waals surface area contributed by atoms with Gasteiger partial charge in [-0.15, -0.1) is 0 Å². The average Bonchev–Trinajstić information content (AvgIpc) is 2.63. The second-order valence-corrected chi connectivity index (χ2v) is 4.54. The van der Waals surface area contributed by atoms with E-state index in [4.69, 9.17) is 5.11 Å². The number of rotatable bonds is 8. The van der Waals surface area contributed by atoms with E-state index >= 15 is 0 Å². The summed E-state index contributed by atoms with van der Waals surface area (Å²) >= 11 is 0. The topological polar surface area (TPSA) is 74.7 Å². The van der Waals surface area contributed by atoms with Crippen molar-refractivity contribution in [1.82, 2.24) is 4.90 Å². The molecule has 1 aliphatic rings. The van der Waals surface area contributed by atoms with Crippen LogP contribution in [0.3, 0.4) is 0 Å². The maximum absolute atomic E-state index is 11.3. The van der Waals surface area contributed by atoms with E-state index in [2.05, 4.69) is 0 Å². The van der Waals surface area contributed by atoms with E-state index in [1.165, 1.54) is 17.1 Å². The Hall–Kier alpha value is -1.65. The molecular formula is C13H19NO4. The first kappa shape index (κ1) is 14.4. The number of hydrogen-bond acceptors (Lipinski definition) is 3. The standard InChI is InChI=1S/C13H19NO4/c1-2-3-10(4-7-13(17)18)8-9-14-11(15)5-6-12(14)16/h5-6,10H,2-4,7-9H2,1H3,(H,17,18). The van der Waals surface area contributed by atoms with Crippen molar-refractivity contribution in [3.8, 4) is 0 Å². The molecule has 0 bridgehead atoms. The summed E-state index contributed by atoms with van der Waals surface area (Å²) in [7, 11) is 0.